The summed E-state index contributed by atoms with van der Waals surface area (Å²) >= 11 is 0. The van der Waals surface area contributed by atoms with Gasteiger partial charge in [-0.25, -0.2) is 9.13 Å². The third-order valence-corrected chi connectivity index (χ3v) is 19.6. The lowest BCUT2D eigenvalue weighted by Crippen LogP contribution is -2.30. The van der Waals surface area contributed by atoms with E-state index >= 15 is 0 Å². The maximum absolute atomic E-state index is 13.0. The van der Waals surface area contributed by atoms with Gasteiger partial charge in [0.2, 0.25) is 0 Å². The number of carbonyl (C=O) groups excluding carboxylic acids is 4. The highest BCUT2D eigenvalue weighted by atomic mass is 31.2. The molecule has 0 fully saturated rings. The first-order chi connectivity index (χ1) is 45.1. The summed E-state index contributed by atoms with van der Waals surface area (Å²) in [5.74, 6) is 0.890. The highest BCUT2D eigenvalue weighted by molar-refractivity contribution is 7.47. The molecule has 0 aliphatic heterocycles. The van der Waals surface area contributed by atoms with Gasteiger partial charge in [-0.05, 0) is 49.4 Å². The molecule has 0 aromatic rings. The second kappa shape index (κ2) is 64.4. The summed E-state index contributed by atoms with van der Waals surface area (Å²) < 4.78 is 68.4. The standard InChI is InChI=1S/C75H146O17P2/c1-9-68(8)54-46-38-33-34-40-48-56-73(78)86-62-71(91-74(79)57-49-41-31-25-21-17-16-19-23-28-36-44-52-66(4)5)64-90-94(83,84)88-60-69(76)59-87-93(81,82)89-63-70(92-75(80)58-50-42-32-26-29-37-45-53-67(6)7)61-85-72(77)55-47-39-30-24-20-15-13-11-10-12-14-18-22-27-35-43-51-65(2)3/h65-71,76H,9-64H2,1-8H3,(H,81,82)(H,83,84)/t68?,69-,70-,71-/m1/s1. The van der Waals surface area contributed by atoms with Crippen molar-refractivity contribution >= 4 is 39.5 Å². The van der Waals surface area contributed by atoms with Gasteiger partial charge in [-0.15, -0.1) is 0 Å². The van der Waals surface area contributed by atoms with Gasteiger partial charge in [0.25, 0.3) is 0 Å². The van der Waals surface area contributed by atoms with Crippen LogP contribution in [-0.4, -0.2) is 96.7 Å². The molecule has 94 heavy (non-hydrogen) atoms. The smallest absolute Gasteiger partial charge is 0.462 e. The van der Waals surface area contributed by atoms with Crippen molar-refractivity contribution in [1.29, 1.82) is 0 Å². The van der Waals surface area contributed by atoms with Gasteiger partial charge >= 0.3 is 39.5 Å². The molecule has 17 nitrogen and oxygen atoms in total. The van der Waals surface area contributed by atoms with Gasteiger partial charge < -0.3 is 33.8 Å². The predicted octanol–water partition coefficient (Wildman–Crippen LogP) is 21.7. The van der Waals surface area contributed by atoms with E-state index in [2.05, 4.69) is 55.4 Å². The van der Waals surface area contributed by atoms with Gasteiger partial charge in [0.15, 0.2) is 12.2 Å². The van der Waals surface area contributed by atoms with E-state index in [1.54, 1.807) is 0 Å². The first-order valence-electron chi connectivity index (χ1n) is 38.7. The fourth-order valence-electron chi connectivity index (χ4n) is 11.3. The maximum Gasteiger partial charge on any atom is 0.472 e. The van der Waals surface area contributed by atoms with E-state index in [-0.39, 0.29) is 25.7 Å². The highest BCUT2D eigenvalue weighted by Crippen LogP contribution is 2.45. The van der Waals surface area contributed by atoms with Crippen molar-refractivity contribution < 1.29 is 80.2 Å². The van der Waals surface area contributed by atoms with E-state index in [0.717, 1.165) is 114 Å². The van der Waals surface area contributed by atoms with Crippen molar-refractivity contribution in [3.05, 3.63) is 0 Å². The first kappa shape index (κ1) is 92.1. The second-order valence-corrected chi connectivity index (χ2v) is 31.6. The third kappa shape index (κ3) is 67.3. The molecule has 19 heteroatoms. The summed E-state index contributed by atoms with van der Waals surface area (Å²) in [5.41, 5.74) is 0. The lowest BCUT2D eigenvalue weighted by molar-refractivity contribution is -0.161. The quantitative estimate of drug-likeness (QED) is 0.0222. The number of phosphoric ester groups is 2. The molecular formula is C75H146O17P2. The molecule has 6 atom stereocenters. The minimum absolute atomic E-state index is 0.103. The Morgan fingerprint density at radius 2 is 0.511 bits per heavy atom. The van der Waals surface area contributed by atoms with Crippen molar-refractivity contribution in [3.8, 4) is 0 Å². The van der Waals surface area contributed by atoms with E-state index in [1.807, 2.05) is 0 Å². The molecule has 0 bridgehead atoms. The Morgan fingerprint density at radius 1 is 0.298 bits per heavy atom. The molecule has 3 N–H and O–H groups in total. The summed E-state index contributed by atoms with van der Waals surface area (Å²) in [7, 11) is -9.91. The zero-order valence-corrected chi connectivity index (χ0v) is 63.4. The molecule has 0 saturated carbocycles. The van der Waals surface area contributed by atoms with Crippen molar-refractivity contribution in [2.24, 2.45) is 23.7 Å². The average molecular weight is 1380 g/mol. The molecule has 3 unspecified atom stereocenters. The second-order valence-electron chi connectivity index (χ2n) is 28.7. The molecule has 558 valence electrons. The Bertz CT molecular complexity index is 1850. The average Bonchev–Trinajstić information content (AvgIpc) is 1.78. The van der Waals surface area contributed by atoms with Crippen LogP contribution in [0.25, 0.3) is 0 Å². The largest absolute Gasteiger partial charge is 0.472 e. The number of aliphatic hydroxyl groups is 1. The van der Waals surface area contributed by atoms with E-state index in [9.17, 15) is 43.2 Å². The molecule has 0 amide bonds. The minimum atomic E-state index is -4.96. The van der Waals surface area contributed by atoms with Crippen LogP contribution in [0.5, 0.6) is 0 Å². The Hall–Kier alpha value is -1.94. The molecule has 0 saturated heterocycles. The zero-order chi connectivity index (χ0) is 69.6. The van der Waals surface area contributed by atoms with Gasteiger partial charge in [-0.1, -0.05) is 325 Å². The van der Waals surface area contributed by atoms with E-state index < -0.39 is 97.5 Å². The van der Waals surface area contributed by atoms with Crippen LogP contribution in [0.2, 0.25) is 0 Å². The SMILES string of the molecule is CCC(C)CCCCCCCCC(=O)OC[C@H](COP(=O)(O)OC[C@H](O)COP(=O)(O)OC[C@@H](COC(=O)CCCCCCCCCCCCCCCCCCC(C)C)OC(=O)CCCCCCCCCC(C)C)OC(=O)CCCCCCCCCCCCCCC(C)C. The van der Waals surface area contributed by atoms with Crippen LogP contribution in [0.15, 0.2) is 0 Å². The number of rotatable bonds is 72. The summed E-state index contributed by atoms with van der Waals surface area (Å²) in [6.45, 7) is 14.1. The summed E-state index contributed by atoms with van der Waals surface area (Å²) in [6, 6.07) is 0. The number of carbonyl (C=O) groups is 4. The minimum Gasteiger partial charge on any atom is -0.462 e. The van der Waals surface area contributed by atoms with Crippen molar-refractivity contribution in [2.45, 2.75) is 395 Å². The normalized spacial score (nSPS) is 14.4. The van der Waals surface area contributed by atoms with Crippen LogP contribution >= 0.6 is 15.6 Å². The summed E-state index contributed by atoms with van der Waals surface area (Å²) in [4.78, 5) is 72.7. The first-order valence-corrected chi connectivity index (χ1v) is 41.7. The van der Waals surface area contributed by atoms with Crippen LogP contribution < -0.4 is 0 Å². The number of esters is 4. The predicted molar refractivity (Wildman–Crippen MR) is 381 cm³/mol. The van der Waals surface area contributed by atoms with Gasteiger partial charge in [0.05, 0.1) is 26.4 Å². The molecule has 0 aliphatic carbocycles. The van der Waals surface area contributed by atoms with Crippen molar-refractivity contribution in [1.82, 2.24) is 0 Å². The Labute approximate surface area is 575 Å². The van der Waals surface area contributed by atoms with Gasteiger partial charge in [0.1, 0.15) is 19.3 Å². The molecule has 0 rings (SSSR count). The van der Waals surface area contributed by atoms with Gasteiger partial charge in [-0.3, -0.25) is 37.3 Å². The zero-order valence-electron chi connectivity index (χ0n) is 61.6. The van der Waals surface area contributed by atoms with Crippen LogP contribution in [-0.2, 0) is 65.4 Å². The van der Waals surface area contributed by atoms with Crippen LogP contribution in [0.4, 0.5) is 0 Å². The molecule has 0 aromatic heterocycles. The van der Waals surface area contributed by atoms with Crippen LogP contribution in [0, 0.1) is 23.7 Å². The number of phosphoric acid groups is 2. The van der Waals surface area contributed by atoms with Crippen LogP contribution in [0.1, 0.15) is 376 Å². The van der Waals surface area contributed by atoms with Crippen LogP contribution in [0.3, 0.4) is 0 Å². The Balaban J connectivity index is 5.18. The highest BCUT2D eigenvalue weighted by Gasteiger charge is 2.30. The number of aliphatic hydroxyl groups excluding tert-OH is 1. The molecule has 0 radical (unpaired) electrons. The monoisotopic (exact) mass is 1380 g/mol. The number of hydrogen-bond donors (Lipinski definition) is 3. The van der Waals surface area contributed by atoms with Gasteiger partial charge in [-0.2, -0.15) is 0 Å². The maximum atomic E-state index is 13.0. The van der Waals surface area contributed by atoms with E-state index in [0.29, 0.717) is 31.6 Å². The van der Waals surface area contributed by atoms with E-state index in [4.69, 9.17) is 37.0 Å². The summed E-state index contributed by atoms with van der Waals surface area (Å²) in [6.07, 6.45) is 48.8. The summed E-state index contributed by atoms with van der Waals surface area (Å²) in [5, 5.41) is 10.6. The lowest BCUT2D eigenvalue weighted by Gasteiger charge is -2.21. The molecule has 0 spiro atoms. The number of ether oxygens (including phenoxy) is 4. The molecule has 0 aromatic carbocycles. The fraction of sp³-hybridized carbons (Fsp3) is 0.947. The fourth-order valence-corrected chi connectivity index (χ4v) is 12.9. The lowest BCUT2D eigenvalue weighted by atomic mass is 10.00. The van der Waals surface area contributed by atoms with Crippen molar-refractivity contribution in [2.75, 3.05) is 39.6 Å². The van der Waals surface area contributed by atoms with Crippen molar-refractivity contribution in [3.63, 3.8) is 0 Å². The topological polar surface area (TPSA) is 237 Å². The number of hydrogen-bond acceptors (Lipinski definition) is 15. The number of unbranched alkanes of at least 4 members (excludes halogenated alkanes) is 37. The molecule has 0 aliphatic rings. The Kier molecular flexibility index (Phi) is 63.1. The van der Waals surface area contributed by atoms with Gasteiger partial charge in [0, 0.05) is 25.7 Å². The third-order valence-electron chi connectivity index (χ3n) is 17.7. The Morgan fingerprint density at radius 3 is 0.755 bits per heavy atom. The molecular weight excluding hydrogens is 1230 g/mol. The molecule has 0 heterocycles. The van der Waals surface area contributed by atoms with E-state index in [1.165, 1.54) is 173 Å².